The van der Waals surface area contributed by atoms with Gasteiger partial charge in [-0.05, 0) is 37.3 Å². The fourth-order valence-corrected chi connectivity index (χ4v) is 3.91. The molecule has 5 nitrogen and oxygen atoms in total. The van der Waals surface area contributed by atoms with Crippen molar-refractivity contribution in [3.05, 3.63) is 64.7 Å². The van der Waals surface area contributed by atoms with Crippen LogP contribution in [0, 0.1) is 18.3 Å². The van der Waals surface area contributed by atoms with Gasteiger partial charge in [0.15, 0.2) is 5.78 Å². The molecule has 4 rings (SSSR count). The topological polar surface area (TPSA) is 70.4 Å². The predicted molar refractivity (Wildman–Crippen MR) is 99.8 cm³/mol. The van der Waals surface area contributed by atoms with Crippen molar-refractivity contribution < 1.29 is 14.3 Å². The van der Waals surface area contributed by atoms with E-state index in [0.29, 0.717) is 54.8 Å². The first-order chi connectivity index (χ1) is 13.0. The molecule has 0 radical (unpaired) electrons. The van der Waals surface area contributed by atoms with Crippen molar-refractivity contribution in [3.63, 3.8) is 0 Å². The van der Waals surface area contributed by atoms with Crippen LogP contribution in [0.3, 0.4) is 0 Å². The Morgan fingerprint density at radius 1 is 1.19 bits per heavy atom. The van der Waals surface area contributed by atoms with Gasteiger partial charge in [-0.25, -0.2) is 0 Å². The first-order valence-corrected chi connectivity index (χ1v) is 9.12. The number of piperidine rings is 1. The molecule has 0 bridgehead atoms. The summed E-state index contributed by atoms with van der Waals surface area (Å²) in [6.07, 6.45) is 1.60. The average molecular weight is 360 g/mol. The lowest BCUT2D eigenvalue weighted by molar-refractivity contribution is -0.00572. The molecule has 1 spiro atoms. The first kappa shape index (κ1) is 17.3. The number of hydrogen-bond donors (Lipinski definition) is 0. The lowest BCUT2D eigenvalue weighted by Gasteiger charge is -2.44. The third kappa shape index (κ3) is 3.19. The van der Waals surface area contributed by atoms with Crippen LogP contribution in [0.2, 0.25) is 0 Å². The summed E-state index contributed by atoms with van der Waals surface area (Å²) in [4.78, 5) is 27.2. The van der Waals surface area contributed by atoms with Crippen LogP contribution < -0.4 is 4.74 Å². The summed E-state index contributed by atoms with van der Waals surface area (Å²) in [6.45, 7) is 3.03. The number of hydrogen-bond acceptors (Lipinski definition) is 4. The summed E-state index contributed by atoms with van der Waals surface area (Å²) in [5, 5.41) is 9.02. The quantitative estimate of drug-likeness (QED) is 0.780. The highest BCUT2D eigenvalue weighted by atomic mass is 16.5. The van der Waals surface area contributed by atoms with Crippen molar-refractivity contribution in [1.29, 1.82) is 5.26 Å². The first-order valence-electron chi connectivity index (χ1n) is 9.12. The number of ketones is 1. The van der Waals surface area contributed by atoms with Gasteiger partial charge in [0.25, 0.3) is 5.91 Å². The van der Waals surface area contributed by atoms with E-state index in [1.807, 2.05) is 25.1 Å². The molecule has 0 aliphatic carbocycles. The molecule has 1 fully saturated rings. The van der Waals surface area contributed by atoms with Gasteiger partial charge in [-0.1, -0.05) is 17.7 Å². The molecule has 0 atom stereocenters. The van der Waals surface area contributed by atoms with E-state index in [9.17, 15) is 9.59 Å². The molecular weight excluding hydrogens is 340 g/mol. The second-order valence-electron chi connectivity index (χ2n) is 7.37. The van der Waals surface area contributed by atoms with Crippen LogP contribution >= 0.6 is 0 Å². The largest absolute Gasteiger partial charge is 0.486 e. The molecular formula is C22H20N2O3. The minimum atomic E-state index is -0.523. The van der Waals surface area contributed by atoms with Gasteiger partial charge in [-0.3, -0.25) is 9.59 Å². The van der Waals surface area contributed by atoms with Crippen LogP contribution in [-0.2, 0) is 0 Å². The lowest BCUT2D eigenvalue weighted by Crippen LogP contribution is -2.52. The predicted octanol–water partition coefficient (Wildman–Crippen LogP) is 3.51. The van der Waals surface area contributed by atoms with Gasteiger partial charge >= 0.3 is 0 Å². The summed E-state index contributed by atoms with van der Waals surface area (Å²) < 4.78 is 6.25. The van der Waals surface area contributed by atoms with E-state index in [2.05, 4.69) is 6.07 Å². The number of nitrogens with zero attached hydrogens (tertiary/aromatic N) is 2. The van der Waals surface area contributed by atoms with Gasteiger partial charge in [0, 0.05) is 31.5 Å². The third-order valence-corrected chi connectivity index (χ3v) is 5.45. The second kappa shape index (κ2) is 6.55. The highest BCUT2D eigenvalue weighted by Crippen LogP contribution is 2.39. The standard InChI is InChI=1S/C22H20N2O3/c1-15-5-6-20-18(11-15)19(25)13-22(27-20)7-9-24(10-8-22)21(26)17-4-2-3-16(12-17)14-23/h2-6,11-12H,7-10,13H2,1H3. The molecule has 2 aromatic carbocycles. The highest BCUT2D eigenvalue weighted by Gasteiger charge is 2.43. The molecule has 2 aliphatic heterocycles. The maximum absolute atomic E-state index is 12.7. The Labute approximate surface area is 158 Å². The van der Waals surface area contributed by atoms with Crippen molar-refractivity contribution in [2.75, 3.05) is 13.1 Å². The van der Waals surface area contributed by atoms with E-state index in [1.165, 1.54) is 0 Å². The van der Waals surface area contributed by atoms with E-state index in [1.54, 1.807) is 29.2 Å². The molecule has 2 aromatic rings. The average Bonchev–Trinajstić information content (AvgIpc) is 2.69. The number of likely N-dealkylation sites (tertiary alicyclic amines) is 1. The minimum Gasteiger partial charge on any atom is -0.486 e. The number of benzene rings is 2. The van der Waals surface area contributed by atoms with Crippen molar-refractivity contribution >= 4 is 11.7 Å². The summed E-state index contributed by atoms with van der Waals surface area (Å²) in [5.74, 6) is 0.680. The Hall–Kier alpha value is -3.13. The molecule has 2 aliphatic rings. The number of ether oxygens (including phenoxy) is 1. The summed E-state index contributed by atoms with van der Waals surface area (Å²) in [7, 11) is 0. The van der Waals surface area contributed by atoms with E-state index >= 15 is 0 Å². The van der Waals surface area contributed by atoms with Crippen LogP contribution in [0.15, 0.2) is 42.5 Å². The van der Waals surface area contributed by atoms with Gasteiger partial charge in [0.05, 0.1) is 23.6 Å². The normalized spacial score (nSPS) is 17.8. The Bertz CT molecular complexity index is 966. The molecule has 0 N–H and O–H groups in total. The van der Waals surface area contributed by atoms with Gasteiger partial charge in [0.2, 0.25) is 0 Å². The Morgan fingerprint density at radius 2 is 1.96 bits per heavy atom. The molecule has 27 heavy (non-hydrogen) atoms. The molecule has 1 amide bonds. The smallest absolute Gasteiger partial charge is 0.253 e. The monoisotopic (exact) mass is 360 g/mol. The zero-order chi connectivity index (χ0) is 19.0. The SMILES string of the molecule is Cc1ccc2c(c1)C(=O)CC1(CCN(C(=O)c3cccc(C#N)c3)CC1)O2. The van der Waals surface area contributed by atoms with Crippen LogP contribution in [0.25, 0.3) is 0 Å². The van der Waals surface area contributed by atoms with Crippen LogP contribution in [0.1, 0.15) is 51.1 Å². The van der Waals surface area contributed by atoms with Crippen molar-refractivity contribution in [2.45, 2.75) is 31.8 Å². The molecule has 1 saturated heterocycles. The number of aryl methyl sites for hydroxylation is 1. The van der Waals surface area contributed by atoms with Gasteiger partial charge < -0.3 is 9.64 Å². The van der Waals surface area contributed by atoms with E-state index in [-0.39, 0.29) is 11.7 Å². The van der Waals surface area contributed by atoms with Crippen LogP contribution in [0.4, 0.5) is 0 Å². The minimum absolute atomic E-state index is 0.0832. The highest BCUT2D eigenvalue weighted by molar-refractivity contribution is 6.00. The summed E-state index contributed by atoms with van der Waals surface area (Å²) >= 11 is 0. The lowest BCUT2D eigenvalue weighted by atomic mass is 9.82. The number of fused-ring (bicyclic) bond motifs is 1. The van der Waals surface area contributed by atoms with Crippen molar-refractivity contribution in [1.82, 2.24) is 4.90 Å². The Balaban J connectivity index is 1.49. The fraction of sp³-hybridized carbons (Fsp3) is 0.318. The molecule has 0 unspecified atom stereocenters. The fourth-order valence-electron chi connectivity index (χ4n) is 3.91. The third-order valence-electron chi connectivity index (χ3n) is 5.45. The number of carbonyl (C=O) groups excluding carboxylic acids is 2. The van der Waals surface area contributed by atoms with Crippen LogP contribution in [0.5, 0.6) is 5.75 Å². The van der Waals surface area contributed by atoms with Gasteiger partial charge in [0.1, 0.15) is 11.4 Å². The van der Waals surface area contributed by atoms with Crippen molar-refractivity contribution in [3.8, 4) is 11.8 Å². The van der Waals surface area contributed by atoms with Gasteiger partial charge in [-0.2, -0.15) is 5.26 Å². The number of nitriles is 1. The van der Waals surface area contributed by atoms with Gasteiger partial charge in [-0.15, -0.1) is 0 Å². The molecule has 136 valence electrons. The molecule has 5 heteroatoms. The number of carbonyl (C=O) groups is 2. The molecule has 0 saturated carbocycles. The second-order valence-corrected chi connectivity index (χ2v) is 7.37. The zero-order valence-corrected chi connectivity index (χ0v) is 15.2. The van der Waals surface area contributed by atoms with Crippen molar-refractivity contribution in [2.24, 2.45) is 0 Å². The summed E-state index contributed by atoms with van der Waals surface area (Å²) in [6, 6.07) is 14.5. The number of Topliss-reactive ketones (excluding diaryl/α,β-unsaturated/α-hetero) is 1. The Kier molecular flexibility index (Phi) is 4.19. The molecule has 0 aromatic heterocycles. The number of amides is 1. The van der Waals surface area contributed by atoms with E-state index < -0.39 is 5.60 Å². The van der Waals surface area contributed by atoms with E-state index in [0.717, 1.165) is 5.56 Å². The summed E-state index contributed by atoms with van der Waals surface area (Å²) in [5.41, 5.74) is 2.17. The molecule has 2 heterocycles. The number of rotatable bonds is 1. The van der Waals surface area contributed by atoms with E-state index in [4.69, 9.17) is 10.00 Å². The Morgan fingerprint density at radius 3 is 2.70 bits per heavy atom. The zero-order valence-electron chi connectivity index (χ0n) is 15.2. The maximum Gasteiger partial charge on any atom is 0.253 e. The maximum atomic E-state index is 12.7. The van der Waals surface area contributed by atoms with Crippen LogP contribution in [-0.4, -0.2) is 35.3 Å².